The van der Waals surface area contributed by atoms with Crippen LogP contribution in [0.3, 0.4) is 0 Å². The Bertz CT molecular complexity index is 1110. The van der Waals surface area contributed by atoms with Crippen molar-refractivity contribution in [1.29, 1.82) is 0 Å². The van der Waals surface area contributed by atoms with Crippen molar-refractivity contribution in [1.82, 2.24) is 9.88 Å². The molecule has 0 bridgehead atoms. The summed E-state index contributed by atoms with van der Waals surface area (Å²) < 4.78 is 2.05. The number of carbonyl (C=O) groups is 2. The van der Waals surface area contributed by atoms with Crippen molar-refractivity contribution in [3.63, 3.8) is 0 Å². The summed E-state index contributed by atoms with van der Waals surface area (Å²) in [6.07, 6.45) is 5.46. The molecule has 3 amide bonds. The van der Waals surface area contributed by atoms with Crippen molar-refractivity contribution >= 4 is 46.2 Å². The van der Waals surface area contributed by atoms with Gasteiger partial charge in [-0.1, -0.05) is 41.9 Å². The molecule has 0 atom stereocenters. The molecular formula is C21H16ClN3O2. The maximum absolute atomic E-state index is 12.8. The number of anilines is 1. The van der Waals surface area contributed by atoms with Crippen LogP contribution in [0.1, 0.15) is 5.56 Å². The molecule has 2 aromatic carbocycles. The van der Waals surface area contributed by atoms with Gasteiger partial charge in [-0.25, -0.2) is 9.69 Å². The molecule has 27 heavy (non-hydrogen) atoms. The zero-order valence-electron chi connectivity index (χ0n) is 14.4. The Morgan fingerprint density at radius 1 is 1.11 bits per heavy atom. The van der Waals surface area contributed by atoms with Gasteiger partial charge in [-0.3, -0.25) is 4.79 Å². The monoisotopic (exact) mass is 377 g/mol. The molecule has 0 unspecified atom stereocenters. The van der Waals surface area contributed by atoms with Crippen LogP contribution in [0.2, 0.25) is 5.02 Å². The van der Waals surface area contributed by atoms with E-state index in [9.17, 15) is 9.59 Å². The fraction of sp³-hybridized carbons (Fsp3) is 0.0476. The predicted molar refractivity (Wildman–Crippen MR) is 108 cm³/mol. The number of aromatic nitrogens is 1. The first kappa shape index (κ1) is 17.1. The van der Waals surface area contributed by atoms with Crippen LogP contribution in [0.4, 0.5) is 10.5 Å². The number of amides is 3. The number of rotatable bonds is 4. The highest BCUT2D eigenvalue weighted by Gasteiger charge is 2.35. The first-order chi connectivity index (χ1) is 13.1. The molecule has 134 valence electrons. The van der Waals surface area contributed by atoms with Crippen LogP contribution in [0, 0.1) is 0 Å². The smallest absolute Gasteiger partial charge is 0.333 e. The lowest BCUT2D eigenvalue weighted by molar-refractivity contribution is -0.113. The molecule has 1 aliphatic heterocycles. The number of urea groups is 1. The predicted octanol–water partition coefficient (Wildman–Crippen LogP) is 4.58. The zero-order valence-corrected chi connectivity index (χ0v) is 15.1. The summed E-state index contributed by atoms with van der Waals surface area (Å²) in [6, 6.07) is 14.0. The van der Waals surface area contributed by atoms with E-state index in [1.165, 1.54) is 0 Å². The number of fused-ring (bicyclic) bond motifs is 1. The Kier molecular flexibility index (Phi) is 4.30. The van der Waals surface area contributed by atoms with Crippen LogP contribution in [-0.2, 0) is 11.3 Å². The van der Waals surface area contributed by atoms with Gasteiger partial charge in [-0.2, -0.15) is 0 Å². The molecule has 0 radical (unpaired) electrons. The minimum absolute atomic E-state index is 0.224. The van der Waals surface area contributed by atoms with Gasteiger partial charge in [0.2, 0.25) is 0 Å². The Morgan fingerprint density at radius 3 is 2.70 bits per heavy atom. The number of carbonyl (C=O) groups excluding carboxylic acids is 2. The molecule has 1 aliphatic rings. The molecule has 5 nitrogen and oxygen atoms in total. The van der Waals surface area contributed by atoms with Crippen LogP contribution in [0.15, 0.2) is 73.1 Å². The van der Waals surface area contributed by atoms with E-state index in [2.05, 4.69) is 11.9 Å². The van der Waals surface area contributed by atoms with Gasteiger partial charge in [0.1, 0.15) is 5.70 Å². The fourth-order valence-corrected chi connectivity index (χ4v) is 3.41. The minimum Gasteiger partial charge on any atom is -0.343 e. The molecule has 1 N–H and O–H groups in total. The standard InChI is InChI=1S/C21H16ClN3O2/c1-2-10-24-13-14(17-8-3-4-9-19(17)24)11-18-20(26)25(21(27)23-18)16-7-5-6-15(22)12-16/h2-9,11-13H,1,10H2,(H,23,27)/b18-11-. The van der Waals surface area contributed by atoms with E-state index < -0.39 is 11.9 Å². The van der Waals surface area contributed by atoms with Crippen LogP contribution >= 0.6 is 11.6 Å². The normalized spacial score (nSPS) is 15.6. The van der Waals surface area contributed by atoms with Crippen molar-refractivity contribution in [3.8, 4) is 0 Å². The molecule has 3 aromatic rings. The van der Waals surface area contributed by atoms with Gasteiger partial charge in [-0.05, 0) is 30.3 Å². The van der Waals surface area contributed by atoms with E-state index in [0.717, 1.165) is 21.4 Å². The number of allylic oxidation sites excluding steroid dienone is 1. The number of hydrogen-bond donors (Lipinski definition) is 1. The molecule has 6 heteroatoms. The fourth-order valence-electron chi connectivity index (χ4n) is 3.22. The molecular weight excluding hydrogens is 362 g/mol. The lowest BCUT2D eigenvalue weighted by Crippen LogP contribution is -2.30. The number of halogens is 1. The summed E-state index contributed by atoms with van der Waals surface area (Å²) in [5.74, 6) is -0.414. The largest absolute Gasteiger partial charge is 0.343 e. The van der Waals surface area contributed by atoms with Gasteiger partial charge in [0.15, 0.2) is 0 Å². The van der Waals surface area contributed by atoms with Crippen molar-refractivity contribution in [2.24, 2.45) is 0 Å². The number of nitrogens with zero attached hydrogens (tertiary/aromatic N) is 2. The quantitative estimate of drug-likeness (QED) is 0.411. The Hall–Kier alpha value is -3.31. The molecule has 1 saturated heterocycles. The second kappa shape index (κ2) is 6.78. The minimum atomic E-state index is -0.497. The van der Waals surface area contributed by atoms with Gasteiger partial charge in [0.05, 0.1) is 5.69 Å². The van der Waals surface area contributed by atoms with Crippen LogP contribution in [0.25, 0.3) is 17.0 Å². The highest BCUT2D eigenvalue weighted by atomic mass is 35.5. The first-order valence-corrected chi connectivity index (χ1v) is 8.78. The summed E-state index contributed by atoms with van der Waals surface area (Å²) in [4.78, 5) is 26.3. The lowest BCUT2D eigenvalue weighted by Gasteiger charge is -2.11. The maximum atomic E-state index is 12.8. The molecule has 0 spiro atoms. The summed E-state index contributed by atoms with van der Waals surface area (Å²) in [6.45, 7) is 4.43. The molecule has 1 fully saturated rings. The van der Waals surface area contributed by atoms with Crippen molar-refractivity contribution in [2.45, 2.75) is 6.54 Å². The van der Waals surface area contributed by atoms with Gasteiger partial charge < -0.3 is 9.88 Å². The molecule has 4 rings (SSSR count). The lowest BCUT2D eigenvalue weighted by atomic mass is 10.1. The van der Waals surface area contributed by atoms with Gasteiger partial charge >= 0.3 is 6.03 Å². The summed E-state index contributed by atoms with van der Waals surface area (Å²) >= 11 is 5.99. The average molecular weight is 378 g/mol. The van der Waals surface area contributed by atoms with E-state index in [1.807, 2.05) is 41.1 Å². The Labute approximate surface area is 161 Å². The highest BCUT2D eigenvalue weighted by Crippen LogP contribution is 2.27. The van der Waals surface area contributed by atoms with E-state index in [-0.39, 0.29) is 5.70 Å². The SMILES string of the molecule is C=CCn1cc(/C=C2\NC(=O)N(c3cccc(Cl)c3)C2=O)c2ccccc21. The van der Waals surface area contributed by atoms with Crippen molar-refractivity contribution in [2.75, 3.05) is 4.90 Å². The number of nitrogens with one attached hydrogen (secondary N) is 1. The van der Waals surface area contributed by atoms with E-state index in [1.54, 1.807) is 30.3 Å². The van der Waals surface area contributed by atoms with Crippen LogP contribution < -0.4 is 10.2 Å². The van der Waals surface area contributed by atoms with Crippen molar-refractivity contribution < 1.29 is 9.59 Å². The average Bonchev–Trinajstić information content (AvgIpc) is 3.13. The van der Waals surface area contributed by atoms with Crippen LogP contribution in [-0.4, -0.2) is 16.5 Å². The van der Waals surface area contributed by atoms with Gasteiger partial charge in [-0.15, -0.1) is 6.58 Å². The molecule has 2 heterocycles. The molecule has 1 aromatic heterocycles. The van der Waals surface area contributed by atoms with E-state index in [4.69, 9.17) is 11.6 Å². The maximum Gasteiger partial charge on any atom is 0.333 e. The first-order valence-electron chi connectivity index (χ1n) is 8.40. The second-order valence-electron chi connectivity index (χ2n) is 6.15. The summed E-state index contributed by atoms with van der Waals surface area (Å²) in [5.41, 5.74) is 2.54. The third-order valence-corrected chi connectivity index (χ3v) is 4.62. The number of para-hydroxylation sites is 1. The number of imide groups is 1. The summed E-state index contributed by atoms with van der Waals surface area (Å²) in [7, 11) is 0. The van der Waals surface area contributed by atoms with E-state index in [0.29, 0.717) is 17.3 Å². The molecule has 0 saturated carbocycles. The number of benzene rings is 2. The second-order valence-corrected chi connectivity index (χ2v) is 6.59. The van der Waals surface area contributed by atoms with Crippen molar-refractivity contribution in [3.05, 3.63) is 83.7 Å². The third kappa shape index (κ3) is 3.02. The third-order valence-electron chi connectivity index (χ3n) is 4.39. The Morgan fingerprint density at radius 2 is 1.93 bits per heavy atom. The topological polar surface area (TPSA) is 54.3 Å². The zero-order chi connectivity index (χ0) is 19.0. The van der Waals surface area contributed by atoms with Gasteiger partial charge in [0.25, 0.3) is 5.91 Å². The van der Waals surface area contributed by atoms with Crippen LogP contribution in [0.5, 0.6) is 0 Å². The number of hydrogen-bond acceptors (Lipinski definition) is 2. The summed E-state index contributed by atoms with van der Waals surface area (Å²) in [5, 5.41) is 4.10. The van der Waals surface area contributed by atoms with E-state index >= 15 is 0 Å². The Balaban J connectivity index is 1.75. The highest BCUT2D eigenvalue weighted by molar-refractivity contribution is 6.32. The molecule has 0 aliphatic carbocycles. The van der Waals surface area contributed by atoms with Gasteiger partial charge in [0, 0.05) is 34.2 Å².